The molecule has 1 rings (SSSR count). The van der Waals surface area contributed by atoms with E-state index in [0.717, 1.165) is 18.4 Å². The van der Waals surface area contributed by atoms with E-state index < -0.39 is 6.10 Å². The number of allylic oxidation sites excluding steroid dienone is 3. The minimum Gasteiger partial charge on any atom is -0.388 e. The molecule has 0 bridgehead atoms. The lowest BCUT2D eigenvalue weighted by Crippen LogP contribution is -2.28. The third kappa shape index (κ3) is 3.97. The Kier molecular flexibility index (Phi) is 4.88. The molecule has 2 unspecified atom stereocenters. The molecular weight excluding hydrogens is 212 g/mol. The second-order valence-electron chi connectivity index (χ2n) is 5.05. The Balaban J connectivity index is 2.59. The highest BCUT2D eigenvalue weighted by atomic mass is 16.3. The summed E-state index contributed by atoms with van der Waals surface area (Å²) in [5, 5.41) is 9.93. The largest absolute Gasteiger partial charge is 0.388 e. The van der Waals surface area contributed by atoms with Gasteiger partial charge in [0.15, 0.2) is 5.78 Å². The molecular formula is C15H22O2. The lowest BCUT2D eigenvalue weighted by molar-refractivity contribution is -0.117. The average molecular weight is 234 g/mol. The first-order valence-electron chi connectivity index (χ1n) is 6.12. The number of Topliss-reactive ketones (excluding diaryl/α,β-unsaturated/α-hetero) is 1. The number of aliphatic hydroxyl groups is 1. The van der Waals surface area contributed by atoms with Gasteiger partial charge in [0.1, 0.15) is 0 Å². The SMILES string of the molecule is C=C(CCC=C(C)C)C1CC(=O)C(C)=CC1O. The number of carbonyl (C=O) groups excluding carboxylic acids is 1. The third-order valence-corrected chi connectivity index (χ3v) is 3.22. The third-order valence-electron chi connectivity index (χ3n) is 3.22. The van der Waals surface area contributed by atoms with Crippen LogP contribution in [0.3, 0.4) is 0 Å². The summed E-state index contributed by atoms with van der Waals surface area (Å²) in [6.07, 6.45) is 5.43. The molecule has 0 aromatic heterocycles. The van der Waals surface area contributed by atoms with Crippen molar-refractivity contribution in [3.63, 3.8) is 0 Å². The highest BCUT2D eigenvalue weighted by molar-refractivity contribution is 5.96. The van der Waals surface area contributed by atoms with Crippen LogP contribution < -0.4 is 0 Å². The van der Waals surface area contributed by atoms with Crippen molar-refractivity contribution in [1.82, 2.24) is 0 Å². The molecule has 17 heavy (non-hydrogen) atoms. The number of hydrogen-bond donors (Lipinski definition) is 1. The topological polar surface area (TPSA) is 37.3 Å². The lowest BCUT2D eigenvalue weighted by atomic mass is 9.81. The van der Waals surface area contributed by atoms with Crippen molar-refractivity contribution in [2.75, 3.05) is 0 Å². The second-order valence-corrected chi connectivity index (χ2v) is 5.05. The number of aliphatic hydroxyl groups excluding tert-OH is 1. The Morgan fingerprint density at radius 2 is 2.24 bits per heavy atom. The van der Waals surface area contributed by atoms with Crippen LogP contribution in [0.25, 0.3) is 0 Å². The van der Waals surface area contributed by atoms with Gasteiger partial charge in [-0.15, -0.1) is 0 Å². The predicted octanol–water partition coefficient (Wildman–Crippen LogP) is 3.19. The quantitative estimate of drug-likeness (QED) is 0.758. The molecule has 0 amide bonds. The van der Waals surface area contributed by atoms with Gasteiger partial charge in [-0.05, 0) is 45.3 Å². The first kappa shape index (κ1) is 13.9. The fourth-order valence-corrected chi connectivity index (χ4v) is 2.06. The number of ketones is 1. The minimum atomic E-state index is -0.549. The molecule has 94 valence electrons. The van der Waals surface area contributed by atoms with E-state index in [1.165, 1.54) is 5.57 Å². The molecule has 2 atom stereocenters. The standard InChI is InChI=1S/C15H22O2/c1-10(2)6-5-7-11(3)13-9-14(16)12(4)8-15(13)17/h6,8,13,15,17H,3,5,7,9H2,1-2,4H3. The van der Waals surface area contributed by atoms with E-state index >= 15 is 0 Å². The molecule has 2 heteroatoms. The molecule has 2 nitrogen and oxygen atoms in total. The van der Waals surface area contributed by atoms with Crippen molar-refractivity contribution in [1.29, 1.82) is 0 Å². The molecule has 0 aromatic carbocycles. The van der Waals surface area contributed by atoms with Gasteiger partial charge in [-0.3, -0.25) is 4.79 Å². The summed E-state index contributed by atoms with van der Waals surface area (Å²) in [7, 11) is 0. The molecule has 1 aliphatic rings. The van der Waals surface area contributed by atoms with Gasteiger partial charge in [0.05, 0.1) is 6.10 Å². The zero-order valence-electron chi connectivity index (χ0n) is 11.0. The molecule has 0 aromatic rings. The highest BCUT2D eigenvalue weighted by Crippen LogP contribution is 2.29. The summed E-state index contributed by atoms with van der Waals surface area (Å²) in [5.41, 5.74) is 2.94. The Labute approximate surface area is 104 Å². The normalized spacial score (nSPS) is 24.2. The molecule has 1 N–H and O–H groups in total. The van der Waals surface area contributed by atoms with Gasteiger partial charge in [0, 0.05) is 12.3 Å². The fourth-order valence-electron chi connectivity index (χ4n) is 2.06. The first-order valence-corrected chi connectivity index (χ1v) is 6.12. The van der Waals surface area contributed by atoms with E-state index in [4.69, 9.17) is 0 Å². The minimum absolute atomic E-state index is 0.100. The number of carbonyl (C=O) groups is 1. The lowest BCUT2D eigenvalue weighted by Gasteiger charge is -2.26. The highest BCUT2D eigenvalue weighted by Gasteiger charge is 2.28. The fraction of sp³-hybridized carbons (Fsp3) is 0.533. The van der Waals surface area contributed by atoms with Gasteiger partial charge in [-0.1, -0.05) is 23.8 Å². The van der Waals surface area contributed by atoms with Crippen molar-refractivity contribution in [3.05, 3.63) is 35.5 Å². The van der Waals surface area contributed by atoms with Crippen molar-refractivity contribution in [3.8, 4) is 0 Å². The van der Waals surface area contributed by atoms with Crippen molar-refractivity contribution in [2.45, 2.75) is 46.1 Å². The monoisotopic (exact) mass is 234 g/mol. The first-order chi connectivity index (χ1) is 7.91. The van der Waals surface area contributed by atoms with Crippen LogP contribution in [0.4, 0.5) is 0 Å². The smallest absolute Gasteiger partial charge is 0.159 e. The molecule has 0 fully saturated rings. The number of hydrogen-bond acceptors (Lipinski definition) is 2. The molecule has 0 saturated carbocycles. The second kappa shape index (κ2) is 5.97. The maximum absolute atomic E-state index is 11.6. The maximum Gasteiger partial charge on any atom is 0.159 e. The van der Waals surface area contributed by atoms with Crippen LogP contribution in [0.5, 0.6) is 0 Å². The van der Waals surface area contributed by atoms with Gasteiger partial charge in [-0.2, -0.15) is 0 Å². The summed E-state index contributed by atoms with van der Waals surface area (Å²) < 4.78 is 0. The summed E-state index contributed by atoms with van der Waals surface area (Å²) in [6.45, 7) is 9.90. The van der Waals surface area contributed by atoms with Crippen LogP contribution >= 0.6 is 0 Å². The van der Waals surface area contributed by atoms with E-state index in [9.17, 15) is 9.90 Å². The van der Waals surface area contributed by atoms with Crippen molar-refractivity contribution in [2.24, 2.45) is 5.92 Å². The van der Waals surface area contributed by atoms with Gasteiger partial charge in [0.2, 0.25) is 0 Å². The summed E-state index contributed by atoms with van der Waals surface area (Å²) in [6, 6.07) is 0. The zero-order chi connectivity index (χ0) is 13.0. The Morgan fingerprint density at radius 1 is 1.59 bits per heavy atom. The van der Waals surface area contributed by atoms with Crippen LogP contribution in [0.1, 0.15) is 40.0 Å². The van der Waals surface area contributed by atoms with E-state index in [1.54, 1.807) is 13.0 Å². The summed E-state index contributed by atoms with van der Waals surface area (Å²) in [5.74, 6) is 0.0282. The van der Waals surface area contributed by atoms with Crippen LogP contribution in [-0.2, 0) is 4.79 Å². The van der Waals surface area contributed by atoms with Crippen molar-refractivity contribution >= 4 is 5.78 Å². The summed E-state index contributed by atoms with van der Waals surface area (Å²) >= 11 is 0. The predicted molar refractivity (Wildman–Crippen MR) is 70.7 cm³/mol. The van der Waals surface area contributed by atoms with E-state index in [-0.39, 0.29) is 11.7 Å². The van der Waals surface area contributed by atoms with E-state index in [1.807, 2.05) is 0 Å². The van der Waals surface area contributed by atoms with Crippen LogP contribution in [-0.4, -0.2) is 17.0 Å². The molecule has 1 aliphatic carbocycles. The molecule has 0 heterocycles. The number of rotatable bonds is 4. The van der Waals surface area contributed by atoms with Crippen LogP contribution in [0, 0.1) is 5.92 Å². The van der Waals surface area contributed by atoms with Crippen LogP contribution in [0.2, 0.25) is 0 Å². The van der Waals surface area contributed by atoms with Gasteiger partial charge in [-0.25, -0.2) is 0 Å². The van der Waals surface area contributed by atoms with Gasteiger partial charge >= 0.3 is 0 Å². The van der Waals surface area contributed by atoms with Crippen LogP contribution in [0.15, 0.2) is 35.5 Å². The van der Waals surface area contributed by atoms with Crippen molar-refractivity contribution < 1.29 is 9.90 Å². The molecule has 0 spiro atoms. The Hall–Kier alpha value is -1.15. The van der Waals surface area contributed by atoms with E-state index in [0.29, 0.717) is 12.0 Å². The Morgan fingerprint density at radius 3 is 2.82 bits per heavy atom. The molecule has 0 aliphatic heterocycles. The molecule has 0 radical (unpaired) electrons. The van der Waals surface area contributed by atoms with E-state index in [2.05, 4.69) is 26.5 Å². The molecule has 0 saturated heterocycles. The zero-order valence-corrected chi connectivity index (χ0v) is 11.0. The average Bonchev–Trinajstić information content (AvgIpc) is 2.22. The van der Waals surface area contributed by atoms with Gasteiger partial charge in [0.25, 0.3) is 0 Å². The maximum atomic E-state index is 11.6. The Bertz CT molecular complexity index is 370. The summed E-state index contributed by atoms with van der Waals surface area (Å²) in [4.78, 5) is 11.6. The van der Waals surface area contributed by atoms with Gasteiger partial charge < -0.3 is 5.11 Å².